The van der Waals surface area contributed by atoms with Crippen molar-refractivity contribution in [2.75, 3.05) is 5.75 Å². The molecule has 6 heteroatoms. The summed E-state index contributed by atoms with van der Waals surface area (Å²) < 4.78 is 24.4. The number of carbonyl (C=O) groups is 1. The summed E-state index contributed by atoms with van der Waals surface area (Å²) in [7, 11) is -3.02. The molecule has 0 spiro atoms. The monoisotopic (exact) mass is 454 g/mol. The van der Waals surface area contributed by atoms with Gasteiger partial charge in [-0.3, -0.25) is 4.79 Å². The number of aryl methyl sites for hydroxylation is 2. The van der Waals surface area contributed by atoms with Crippen molar-refractivity contribution in [1.29, 1.82) is 0 Å². The van der Waals surface area contributed by atoms with Gasteiger partial charge < -0.3 is 0 Å². The number of hydrogen-bond donors (Lipinski definition) is 0. The van der Waals surface area contributed by atoms with E-state index in [4.69, 9.17) is 0 Å². The predicted molar refractivity (Wildman–Crippen MR) is 130 cm³/mol. The summed E-state index contributed by atoms with van der Waals surface area (Å²) in [5.74, 6) is 0.731. The summed E-state index contributed by atoms with van der Waals surface area (Å²) in [5.41, 5.74) is 4.76. The number of hydrogen-bond acceptors (Lipinski definition) is 5. The maximum atomic E-state index is 12.9. The second-order valence-electron chi connectivity index (χ2n) is 9.34. The van der Waals surface area contributed by atoms with Gasteiger partial charge in [0.15, 0.2) is 9.84 Å². The lowest BCUT2D eigenvalue weighted by molar-refractivity contribution is -0.123. The molecule has 1 aliphatic carbocycles. The van der Waals surface area contributed by atoms with Crippen LogP contribution in [0, 0.1) is 25.7 Å². The number of ketones is 1. The van der Waals surface area contributed by atoms with Gasteiger partial charge in [0.25, 0.3) is 0 Å². The van der Waals surface area contributed by atoms with E-state index in [0.29, 0.717) is 6.42 Å². The average molecular weight is 455 g/mol. The highest BCUT2D eigenvalue weighted by Gasteiger charge is 2.30. The summed E-state index contributed by atoms with van der Waals surface area (Å²) in [6.07, 6.45) is 3.64. The first kappa shape index (κ1) is 24.3. The molecule has 3 rings (SSSR count). The van der Waals surface area contributed by atoms with Crippen molar-refractivity contribution >= 4 is 27.0 Å². The van der Waals surface area contributed by atoms with Gasteiger partial charge in [-0.2, -0.15) is 10.2 Å². The Labute approximate surface area is 192 Å². The number of carbonyl (C=O) groups excluding carboxylic acids is 1. The molecule has 2 aromatic carbocycles. The molecule has 1 saturated carbocycles. The number of sulfone groups is 1. The van der Waals surface area contributed by atoms with E-state index < -0.39 is 9.84 Å². The molecule has 1 aliphatic rings. The van der Waals surface area contributed by atoms with Crippen molar-refractivity contribution in [2.24, 2.45) is 22.1 Å². The summed E-state index contributed by atoms with van der Waals surface area (Å²) in [6.45, 7) is 7.48. The van der Waals surface area contributed by atoms with E-state index in [-0.39, 0.29) is 28.6 Å². The van der Waals surface area contributed by atoms with Crippen LogP contribution in [0.2, 0.25) is 0 Å². The van der Waals surface area contributed by atoms with Crippen LogP contribution in [0.5, 0.6) is 0 Å². The Balaban J connectivity index is 1.56. The Bertz CT molecular complexity index is 1080. The topological polar surface area (TPSA) is 75.9 Å². The largest absolute Gasteiger partial charge is 0.299 e. The van der Waals surface area contributed by atoms with Gasteiger partial charge in [0.05, 0.1) is 22.4 Å². The minimum Gasteiger partial charge on any atom is -0.299 e. The molecule has 0 heterocycles. The molecule has 0 radical (unpaired) electrons. The molecule has 0 unspecified atom stereocenters. The highest BCUT2D eigenvalue weighted by Crippen LogP contribution is 2.32. The molecule has 0 atom stereocenters. The number of Topliss-reactive ketones (excluding diaryl/α,β-unsaturated/α-hetero) is 1. The Kier molecular flexibility index (Phi) is 7.99. The average Bonchev–Trinajstić information content (AvgIpc) is 2.75. The lowest BCUT2D eigenvalue weighted by Gasteiger charge is -2.28. The third kappa shape index (κ3) is 6.35. The smallest absolute Gasteiger partial charge is 0.152 e. The summed E-state index contributed by atoms with van der Waals surface area (Å²) in [5, 5.41) is 8.36. The number of benzene rings is 2. The van der Waals surface area contributed by atoms with E-state index in [9.17, 15) is 13.2 Å². The molecular formula is C26H34N2O3S. The zero-order valence-electron chi connectivity index (χ0n) is 19.5. The van der Waals surface area contributed by atoms with E-state index in [0.717, 1.165) is 53.7 Å². The van der Waals surface area contributed by atoms with Crippen LogP contribution in [0.15, 0.2) is 52.7 Å². The van der Waals surface area contributed by atoms with Gasteiger partial charge in [0.1, 0.15) is 5.78 Å². The second kappa shape index (κ2) is 10.5. The molecule has 5 nitrogen and oxygen atoms in total. The minimum absolute atomic E-state index is 0.0350. The maximum absolute atomic E-state index is 12.9. The van der Waals surface area contributed by atoms with Crippen LogP contribution in [0.1, 0.15) is 56.2 Å². The highest BCUT2D eigenvalue weighted by atomic mass is 32.2. The molecular weight excluding hydrogens is 420 g/mol. The second-order valence-corrected chi connectivity index (χ2v) is 11.9. The molecule has 0 aromatic heterocycles. The van der Waals surface area contributed by atoms with Crippen LogP contribution in [-0.2, 0) is 21.1 Å². The lowest BCUT2D eigenvalue weighted by atomic mass is 9.79. The first-order valence-electron chi connectivity index (χ1n) is 11.5. The Morgan fingerprint density at radius 3 is 2.28 bits per heavy atom. The molecule has 1 fully saturated rings. The van der Waals surface area contributed by atoms with Gasteiger partial charge in [-0.05, 0) is 94.2 Å². The normalized spacial score (nSPS) is 19.5. The van der Waals surface area contributed by atoms with Gasteiger partial charge in [0.2, 0.25) is 0 Å². The van der Waals surface area contributed by atoms with Gasteiger partial charge in [-0.15, -0.1) is 0 Å². The van der Waals surface area contributed by atoms with Crippen molar-refractivity contribution in [3.63, 3.8) is 0 Å². The number of nitrogens with zero attached hydrogens (tertiary/aromatic N) is 2. The SMILES string of the molecule is Cc1cc(N=Nc2ccccc2C)ccc1CC(=O)C1CCC(CS(=O)(=O)C(C)C)CC1. The third-order valence-corrected chi connectivity index (χ3v) is 8.94. The Morgan fingerprint density at radius 1 is 0.969 bits per heavy atom. The van der Waals surface area contributed by atoms with Crippen molar-refractivity contribution in [3.05, 3.63) is 59.2 Å². The molecule has 2 aromatic rings. The van der Waals surface area contributed by atoms with Crippen molar-refractivity contribution in [3.8, 4) is 0 Å². The fourth-order valence-corrected chi connectivity index (χ4v) is 5.61. The fourth-order valence-electron chi connectivity index (χ4n) is 4.23. The summed E-state index contributed by atoms with van der Waals surface area (Å²) in [6, 6.07) is 13.7. The van der Waals surface area contributed by atoms with E-state index in [1.165, 1.54) is 0 Å². The zero-order valence-corrected chi connectivity index (χ0v) is 20.4. The molecule has 32 heavy (non-hydrogen) atoms. The molecule has 0 bridgehead atoms. The number of azo groups is 1. The van der Waals surface area contributed by atoms with Crippen molar-refractivity contribution < 1.29 is 13.2 Å². The quantitative estimate of drug-likeness (QED) is 0.430. The van der Waals surface area contributed by atoms with Crippen LogP contribution >= 0.6 is 0 Å². The van der Waals surface area contributed by atoms with Crippen LogP contribution in [0.4, 0.5) is 11.4 Å². The molecule has 0 amide bonds. The summed E-state index contributed by atoms with van der Waals surface area (Å²) in [4.78, 5) is 12.9. The first-order valence-corrected chi connectivity index (χ1v) is 13.2. The maximum Gasteiger partial charge on any atom is 0.152 e. The molecule has 172 valence electrons. The van der Waals surface area contributed by atoms with Gasteiger partial charge in [-0.1, -0.05) is 24.3 Å². The van der Waals surface area contributed by atoms with Crippen LogP contribution in [0.25, 0.3) is 0 Å². The first-order chi connectivity index (χ1) is 15.2. The van der Waals surface area contributed by atoms with E-state index in [1.54, 1.807) is 13.8 Å². The van der Waals surface area contributed by atoms with Crippen molar-refractivity contribution in [2.45, 2.75) is 65.0 Å². The predicted octanol–water partition coefficient (Wildman–Crippen LogP) is 6.46. The summed E-state index contributed by atoms with van der Waals surface area (Å²) >= 11 is 0. The van der Waals surface area contributed by atoms with Crippen LogP contribution in [0.3, 0.4) is 0 Å². The standard InChI is InChI=1S/C26H34N2O3S/c1-18(2)32(30,31)17-21-9-11-22(12-10-21)26(29)16-23-13-14-24(15-20(23)4)27-28-25-8-6-5-7-19(25)3/h5-8,13-15,18,21-22H,9-12,16-17H2,1-4H3. The van der Waals surface area contributed by atoms with Gasteiger partial charge >= 0.3 is 0 Å². The number of rotatable bonds is 8. The van der Waals surface area contributed by atoms with Crippen LogP contribution in [-0.4, -0.2) is 25.2 Å². The van der Waals surface area contributed by atoms with Gasteiger partial charge in [0, 0.05) is 12.3 Å². The molecule has 0 aliphatic heterocycles. The van der Waals surface area contributed by atoms with Crippen LogP contribution < -0.4 is 0 Å². The molecule has 0 N–H and O–H groups in total. The third-order valence-electron chi connectivity index (χ3n) is 6.57. The fraction of sp³-hybridized carbons (Fsp3) is 0.500. The molecule has 0 saturated heterocycles. The lowest BCUT2D eigenvalue weighted by Crippen LogP contribution is -2.29. The van der Waals surface area contributed by atoms with E-state index in [1.807, 2.05) is 56.3 Å². The highest BCUT2D eigenvalue weighted by molar-refractivity contribution is 7.91. The van der Waals surface area contributed by atoms with E-state index in [2.05, 4.69) is 10.2 Å². The minimum atomic E-state index is -3.02. The van der Waals surface area contributed by atoms with Gasteiger partial charge in [-0.25, -0.2) is 8.42 Å². The Hall–Kier alpha value is -2.34. The zero-order chi connectivity index (χ0) is 23.3. The van der Waals surface area contributed by atoms with E-state index >= 15 is 0 Å². The Morgan fingerprint density at radius 2 is 1.66 bits per heavy atom. The van der Waals surface area contributed by atoms with Crippen molar-refractivity contribution in [1.82, 2.24) is 0 Å².